The molecule has 27 heavy (non-hydrogen) atoms. The Bertz CT molecular complexity index is 846. The van der Waals surface area contributed by atoms with Crippen molar-refractivity contribution in [2.45, 2.75) is 19.8 Å². The molecule has 0 radical (unpaired) electrons. The topological polar surface area (TPSA) is 102 Å². The SMILES string of the molecule is COc1cc(C(C)=O)ccc1OCCCC(=O)Nc1cccc(C(=O)O)c1. The van der Waals surface area contributed by atoms with E-state index >= 15 is 0 Å². The van der Waals surface area contributed by atoms with Crippen LogP contribution in [0.3, 0.4) is 0 Å². The van der Waals surface area contributed by atoms with Gasteiger partial charge in [0.15, 0.2) is 17.3 Å². The van der Waals surface area contributed by atoms with E-state index < -0.39 is 5.97 Å². The predicted molar refractivity (Wildman–Crippen MR) is 99.8 cm³/mol. The zero-order chi connectivity index (χ0) is 19.8. The summed E-state index contributed by atoms with van der Waals surface area (Å²) in [5.41, 5.74) is 1.07. The molecule has 0 bridgehead atoms. The van der Waals surface area contributed by atoms with Crippen LogP contribution in [0.1, 0.15) is 40.5 Å². The third-order valence-corrected chi connectivity index (χ3v) is 3.77. The molecule has 0 aliphatic heterocycles. The number of aromatic carboxylic acids is 1. The number of rotatable bonds is 9. The van der Waals surface area contributed by atoms with Crippen LogP contribution in [0, 0.1) is 0 Å². The van der Waals surface area contributed by atoms with Gasteiger partial charge < -0.3 is 19.9 Å². The van der Waals surface area contributed by atoms with Gasteiger partial charge >= 0.3 is 5.97 Å². The van der Waals surface area contributed by atoms with Gasteiger partial charge in [-0.05, 0) is 49.7 Å². The van der Waals surface area contributed by atoms with Gasteiger partial charge in [-0.25, -0.2) is 4.79 Å². The lowest BCUT2D eigenvalue weighted by Gasteiger charge is -2.11. The molecule has 1 amide bonds. The fourth-order valence-electron chi connectivity index (χ4n) is 2.37. The monoisotopic (exact) mass is 371 g/mol. The number of carbonyl (C=O) groups is 3. The zero-order valence-corrected chi connectivity index (χ0v) is 15.2. The third-order valence-electron chi connectivity index (χ3n) is 3.77. The van der Waals surface area contributed by atoms with Crippen molar-refractivity contribution in [3.63, 3.8) is 0 Å². The number of carbonyl (C=O) groups excluding carboxylic acids is 2. The van der Waals surface area contributed by atoms with Gasteiger partial charge in [-0.15, -0.1) is 0 Å². The van der Waals surface area contributed by atoms with Gasteiger partial charge in [0.1, 0.15) is 0 Å². The number of Topliss-reactive ketones (excluding diaryl/α,β-unsaturated/α-hetero) is 1. The van der Waals surface area contributed by atoms with Crippen molar-refractivity contribution in [1.29, 1.82) is 0 Å². The first-order valence-electron chi connectivity index (χ1n) is 8.35. The van der Waals surface area contributed by atoms with E-state index in [0.717, 1.165) is 0 Å². The minimum atomic E-state index is -1.05. The van der Waals surface area contributed by atoms with Crippen molar-refractivity contribution in [2.24, 2.45) is 0 Å². The first-order valence-corrected chi connectivity index (χ1v) is 8.35. The molecule has 0 saturated carbocycles. The van der Waals surface area contributed by atoms with Gasteiger partial charge in [0.2, 0.25) is 5.91 Å². The molecule has 0 unspecified atom stereocenters. The average molecular weight is 371 g/mol. The molecule has 2 aromatic rings. The second-order valence-corrected chi connectivity index (χ2v) is 5.81. The van der Waals surface area contributed by atoms with E-state index in [9.17, 15) is 14.4 Å². The normalized spacial score (nSPS) is 10.1. The Hall–Kier alpha value is -3.35. The van der Waals surface area contributed by atoms with E-state index in [1.165, 1.54) is 26.2 Å². The summed E-state index contributed by atoms with van der Waals surface area (Å²) < 4.78 is 10.8. The highest BCUT2D eigenvalue weighted by Gasteiger charge is 2.09. The Kier molecular flexibility index (Phi) is 6.93. The van der Waals surface area contributed by atoms with E-state index in [4.69, 9.17) is 14.6 Å². The summed E-state index contributed by atoms with van der Waals surface area (Å²) in [4.78, 5) is 34.3. The fourth-order valence-corrected chi connectivity index (χ4v) is 2.37. The van der Waals surface area contributed by atoms with E-state index in [-0.39, 0.29) is 23.7 Å². The molecule has 2 aromatic carbocycles. The van der Waals surface area contributed by atoms with E-state index in [1.54, 1.807) is 30.3 Å². The molecule has 0 heterocycles. The standard InChI is InChI=1S/C20H21NO6/c1-13(22)14-8-9-17(18(12-14)26-2)27-10-4-7-19(23)21-16-6-3-5-15(11-16)20(24)25/h3,5-6,8-9,11-12H,4,7,10H2,1-2H3,(H,21,23)(H,24,25). The summed E-state index contributed by atoms with van der Waals surface area (Å²) in [6.45, 7) is 1.76. The van der Waals surface area contributed by atoms with Crippen LogP contribution in [0.25, 0.3) is 0 Å². The van der Waals surface area contributed by atoms with Gasteiger partial charge in [0, 0.05) is 17.7 Å². The molecule has 0 aliphatic rings. The maximum absolute atomic E-state index is 12.0. The van der Waals surface area contributed by atoms with Crippen LogP contribution in [-0.4, -0.2) is 36.5 Å². The summed E-state index contributed by atoms with van der Waals surface area (Å²) in [7, 11) is 1.49. The minimum absolute atomic E-state index is 0.0662. The van der Waals surface area contributed by atoms with Crippen molar-refractivity contribution < 1.29 is 29.0 Å². The van der Waals surface area contributed by atoms with Crippen LogP contribution in [0.4, 0.5) is 5.69 Å². The van der Waals surface area contributed by atoms with Gasteiger partial charge in [-0.1, -0.05) is 6.07 Å². The Morgan fingerprint density at radius 2 is 1.81 bits per heavy atom. The first-order chi connectivity index (χ1) is 12.9. The minimum Gasteiger partial charge on any atom is -0.493 e. The zero-order valence-electron chi connectivity index (χ0n) is 15.2. The highest BCUT2D eigenvalue weighted by Crippen LogP contribution is 2.28. The van der Waals surface area contributed by atoms with Crippen molar-refractivity contribution >= 4 is 23.3 Å². The van der Waals surface area contributed by atoms with Crippen molar-refractivity contribution in [3.05, 3.63) is 53.6 Å². The van der Waals surface area contributed by atoms with E-state index in [1.807, 2.05) is 0 Å². The molecule has 2 N–H and O–H groups in total. The number of benzene rings is 2. The molecule has 0 atom stereocenters. The summed E-state index contributed by atoms with van der Waals surface area (Å²) in [6.07, 6.45) is 0.674. The van der Waals surface area contributed by atoms with Crippen LogP contribution in [0.2, 0.25) is 0 Å². The van der Waals surface area contributed by atoms with E-state index in [0.29, 0.717) is 35.8 Å². The van der Waals surface area contributed by atoms with Gasteiger partial charge in [0.05, 0.1) is 19.3 Å². The summed E-state index contributed by atoms with van der Waals surface area (Å²) in [6, 6.07) is 11.0. The van der Waals surface area contributed by atoms with Crippen molar-refractivity contribution in [3.8, 4) is 11.5 Å². The van der Waals surface area contributed by atoms with Crippen LogP contribution < -0.4 is 14.8 Å². The second kappa shape index (κ2) is 9.38. The predicted octanol–water partition coefficient (Wildman–Crippen LogP) is 3.39. The Balaban J connectivity index is 1.83. The lowest BCUT2D eigenvalue weighted by Crippen LogP contribution is -2.13. The summed E-state index contributed by atoms with van der Waals surface area (Å²) >= 11 is 0. The quantitative estimate of drug-likeness (QED) is 0.517. The molecule has 7 heteroatoms. The van der Waals surface area contributed by atoms with Crippen LogP contribution in [-0.2, 0) is 4.79 Å². The number of hydrogen-bond donors (Lipinski definition) is 2. The average Bonchev–Trinajstić information content (AvgIpc) is 2.65. The number of carboxylic acids is 1. The summed E-state index contributed by atoms with van der Waals surface area (Å²) in [5, 5.41) is 11.6. The highest BCUT2D eigenvalue weighted by atomic mass is 16.5. The number of ketones is 1. The second-order valence-electron chi connectivity index (χ2n) is 5.81. The Labute approximate surface area is 156 Å². The Morgan fingerprint density at radius 1 is 1.04 bits per heavy atom. The first kappa shape index (κ1) is 20.0. The van der Waals surface area contributed by atoms with Gasteiger partial charge in [0.25, 0.3) is 0 Å². The largest absolute Gasteiger partial charge is 0.493 e. The van der Waals surface area contributed by atoms with Crippen molar-refractivity contribution in [2.75, 3.05) is 19.0 Å². The van der Waals surface area contributed by atoms with Crippen LogP contribution in [0.15, 0.2) is 42.5 Å². The van der Waals surface area contributed by atoms with E-state index in [2.05, 4.69) is 5.32 Å². The molecule has 0 saturated heterocycles. The molecule has 0 spiro atoms. The fraction of sp³-hybridized carbons (Fsp3) is 0.250. The van der Waals surface area contributed by atoms with Crippen LogP contribution in [0.5, 0.6) is 11.5 Å². The molecule has 142 valence electrons. The lowest BCUT2D eigenvalue weighted by molar-refractivity contribution is -0.116. The third kappa shape index (κ3) is 5.85. The highest BCUT2D eigenvalue weighted by molar-refractivity contribution is 5.95. The number of carboxylic acid groups (broad SMARTS) is 1. The number of hydrogen-bond acceptors (Lipinski definition) is 5. The Morgan fingerprint density at radius 3 is 2.48 bits per heavy atom. The molecule has 2 rings (SSSR count). The molecular weight excluding hydrogens is 350 g/mol. The number of ether oxygens (including phenoxy) is 2. The molecule has 0 aliphatic carbocycles. The number of nitrogens with one attached hydrogen (secondary N) is 1. The van der Waals surface area contributed by atoms with Crippen LogP contribution >= 0.6 is 0 Å². The van der Waals surface area contributed by atoms with Gasteiger partial charge in [-0.3, -0.25) is 9.59 Å². The number of amides is 1. The number of methoxy groups -OCH3 is 1. The smallest absolute Gasteiger partial charge is 0.335 e. The van der Waals surface area contributed by atoms with Gasteiger partial charge in [-0.2, -0.15) is 0 Å². The lowest BCUT2D eigenvalue weighted by atomic mass is 10.1. The van der Waals surface area contributed by atoms with Crippen molar-refractivity contribution in [1.82, 2.24) is 0 Å². The number of anilines is 1. The molecular formula is C20H21NO6. The molecule has 0 fully saturated rings. The maximum Gasteiger partial charge on any atom is 0.335 e. The molecule has 7 nitrogen and oxygen atoms in total. The molecule has 0 aromatic heterocycles. The summed E-state index contributed by atoms with van der Waals surface area (Å²) in [5.74, 6) is -0.400. The maximum atomic E-state index is 12.0.